The highest BCUT2D eigenvalue weighted by Gasteiger charge is 2.37. The lowest BCUT2D eigenvalue weighted by Crippen LogP contribution is -2.28. The molecule has 194 valence electrons. The van der Waals surface area contributed by atoms with Crippen LogP contribution in [0.3, 0.4) is 0 Å². The second kappa shape index (κ2) is 8.14. The van der Waals surface area contributed by atoms with E-state index in [2.05, 4.69) is 102 Å². The topological polar surface area (TPSA) is 82.1 Å². The molecule has 8 bridgehead atoms. The van der Waals surface area contributed by atoms with Crippen molar-refractivity contribution < 1.29 is 0 Å². The summed E-state index contributed by atoms with van der Waals surface area (Å²) in [7, 11) is 2.05. The van der Waals surface area contributed by atoms with E-state index in [1.807, 2.05) is 36.7 Å². The average molecular weight is 515 g/mol. The van der Waals surface area contributed by atoms with Crippen LogP contribution < -0.4 is 0 Å². The Bertz CT molecular complexity index is 1810. The van der Waals surface area contributed by atoms with Crippen molar-refractivity contribution in [3.8, 4) is 34.2 Å². The molecule has 39 heavy (non-hydrogen) atoms. The SMILES string of the molecule is Cn1c2cnc1C(C)(C)c1ncc([nH]1)-c1cn(-c3ccccc3)c(n1)C(C)(C)c1nc-2cn1-c1ccccc1. The average Bonchev–Trinajstić information content (AvgIpc) is 3.74. The van der Waals surface area contributed by atoms with Crippen molar-refractivity contribution in [2.24, 2.45) is 7.05 Å². The highest BCUT2D eigenvalue weighted by Crippen LogP contribution is 2.38. The number of hydrogen-bond donors (Lipinski definition) is 1. The number of para-hydroxylation sites is 2. The summed E-state index contributed by atoms with van der Waals surface area (Å²) in [5.74, 6) is 3.51. The van der Waals surface area contributed by atoms with Gasteiger partial charge in [0.2, 0.25) is 0 Å². The molecule has 4 aromatic heterocycles. The number of nitrogens with zero attached hydrogens (tertiary/aromatic N) is 7. The molecule has 7 rings (SSSR count). The Morgan fingerprint density at radius 3 is 1.82 bits per heavy atom. The molecule has 0 amide bonds. The fraction of sp³-hybridized carbons (Fsp3) is 0.226. The second-order valence-electron chi connectivity index (χ2n) is 11.2. The molecule has 6 aromatic rings. The van der Waals surface area contributed by atoms with Gasteiger partial charge in [-0.05, 0) is 52.0 Å². The van der Waals surface area contributed by atoms with Crippen molar-refractivity contribution in [3.63, 3.8) is 0 Å². The third kappa shape index (κ3) is 3.44. The third-order valence-electron chi connectivity index (χ3n) is 7.85. The molecule has 5 heterocycles. The fourth-order valence-corrected chi connectivity index (χ4v) is 5.67. The summed E-state index contributed by atoms with van der Waals surface area (Å²) in [6.07, 6.45) is 7.99. The van der Waals surface area contributed by atoms with Gasteiger partial charge in [0.15, 0.2) is 0 Å². The number of imidazole rings is 4. The van der Waals surface area contributed by atoms with Crippen molar-refractivity contribution in [3.05, 3.63) is 109 Å². The van der Waals surface area contributed by atoms with Crippen molar-refractivity contribution in [2.45, 2.75) is 38.5 Å². The van der Waals surface area contributed by atoms with Crippen LogP contribution >= 0.6 is 0 Å². The zero-order valence-corrected chi connectivity index (χ0v) is 22.7. The number of benzene rings is 2. The molecule has 1 aliphatic heterocycles. The molecule has 0 fully saturated rings. The molecular formula is C31H30N8. The molecule has 0 saturated heterocycles. The number of hydrogen-bond acceptors (Lipinski definition) is 4. The lowest BCUT2D eigenvalue weighted by atomic mass is 9.90. The van der Waals surface area contributed by atoms with Crippen LogP contribution in [0.5, 0.6) is 0 Å². The van der Waals surface area contributed by atoms with E-state index in [1.165, 1.54) is 0 Å². The van der Waals surface area contributed by atoms with Gasteiger partial charge in [-0.25, -0.2) is 19.9 Å². The molecule has 8 heteroatoms. The van der Waals surface area contributed by atoms with Gasteiger partial charge < -0.3 is 18.7 Å². The number of nitrogens with one attached hydrogen (secondary N) is 1. The summed E-state index contributed by atoms with van der Waals surface area (Å²) < 4.78 is 6.49. The van der Waals surface area contributed by atoms with Gasteiger partial charge in [0.1, 0.15) is 34.7 Å². The Kier molecular flexibility index (Phi) is 4.88. The van der Waals surface area contributed by atoms with Crippen LogP contribution in [0.2, 0.25) is 0 Å². The summed E-state index contributed by atoms with van der Waals surface area (Å²) in [6, 6.07) is 20.7. The van der Waals surface area contributed by atoms with Gasteiger partial charge in [0.05, 0.1) is 34.6 Å². The highest BCUT2D eigenvalue weighted by atomic mass is 15.2. The second-order valence-corrected chi connectivity index (χ2v) is 11.2. The third-order valence-corrected chi connectivity index (χ3v) is 7.85. The molecule has 1 N–H and O–H groups in total. The van der Waals surface area contributed by atoms with E-state index in [-0.39, 0.29) is 0 Å². The minimum absolute atomic E-state index is 0.468. The maximum Gasteiger partial charge on any atom is 0.127 e. The van der Waals surface area contributed by atoms with Crippen LogP contribution in [0.25, 0.3) is 34.2 Å². The molecule has 0 aliphatic carbocycles. The number of H-pyrrole nitrogens is 1. The smallest absolute Gasteiger partial charge is 0.127 e. The van der Waals surface area contributed by atoms with Gasteiger partial charge in [-0.15, -0.1) is 0 Å². The van der Waals surface area contributed by atoms with Crippen molar-refractivity contribution in [1.29, 1.82) is 0 Å². The lowest BCUT2D eigenvalue weighted by Gasteiger charge is -2.26. The molecule has 0 unspecified atom stereocenters. The Labute approximate surface area is 227 Å². The number of rotatable bonds is 2. The highest BCUT2D eigenvalue weighted by molar-refractivity contribution is 5.59. The van der Waals surface area contributed by atoms with E-state index < -0.39 is 10.8 Å². The summed E-state index contributed by atoms with van der Waals surface area (Å²) in [5, 5.41) is 0. The molecule has 0 radical (unpaired) electrons. The fourth-order valence-electron chi connectivity index (χ4n) is 5.67. The molecule has 2 aromatic carbocycles. The normalized spacial score (nSPS) is 15.2. The van der Waals surface area contributed by atoms with Gasteiger partial charge >= 0.3 is 0 Å². The van der Waals surface area contributed by atoms with E-state index in [0.29, 0.717) is 0 Å². The Morgan fingerprint density at radius 1 is 0.641 bits per heavy atom. The first-order valence-corrected chi connectivity index (χ1v) is 13.1. The van der Waals surface area contributed by atoms with Gasteiger partial charge in [0, 0.05) is 30.8 Å². The zero-order valence-electron chi connectivity index (χ0n) is 22.7. The lowest BCUT2D eigenvalue weighted by molar-refractivity contribution is 0.531. The Hall–Kier alpha value is -4.72. The molecule has 0 atom stereocenters. The molecule has 0 saturated carbocycles. The zero-order chi connectivity index (χ0) is 26.9. The quantitative estimate of drug-likeness (QED) is 0.316. The predicted octanol–water partition coefficient (Wildman–Crippen LogP) is 5.81. The Morgan fingerprint density at radius 2 is 1.21 bits per heavy atom. The van der Waals surface area contributed by atoms with Crippen LogP contribution in [0.15, 0.2) is 85.5 Å². The van der Waals surface area contributed by atoms with E-state index in [1.54, 1.807) is 0 Å². The van der Waals surface area contributed by atoms with Gasteiger partial charge in [-0.2, -0.15) is 0 Å². The summed E-state index contributed by atoms with van der Waals surface area (Å²) in [5.41, 5.74) is 4.53. The summed E-state index contributed by atoms with van der Waals surface area (Å²) >= 11 is 0. The van der Waals surface area contributed by atoms with Crippen LogP contribution in [-0.4, -0.2) is 38.6 Å². The molecular weight excluding hydrogens is 484 g/mol. The molecule has 8 nitrogen and oxygen atoms in total. The predicted molar refractivity (Wildman–Crippen MR) is 151 cm³/mol. The van der Waals surface area contributed by atoms with Crippen molar-refractivity contribution in [1.82, 2.24) is 38.6 Å². The van der Waals surface area contributed by atoms with Crippen LogP contribution in [-0.2, 0) is 17.9 Å². The van der Waals surface area contributed by atoms with Gasteiger partial charge in [-0.1, -0.05) is 36.4 Å². The maximum atomic E-state index is 5.29. The largest absolute Gasteiger partial charge is 0.340 e. The van der Waals surface area contributed by atoms with Gasteiger partial charge in [0.25, 0.3) is 0 Å². The first kappa shape index (κ1) is 23.4. The Balaban J connectivity index is 1.57. The maximum absolute atomic E-state index is 5.29. The first-order chi connectivity index (χ1) is 18.7. The minimum Gasteiger partial charge on any atom is -0.340 e. The van der Waals surface area contributed by atoms with E-state index >= 15 is 0 Å². The van der Waals surface area contributed by atoms with Crippen molar-refractivity contribution in [2.75, 3.05) is 0 Å². The summed E-state index contributed by atoms with van der Waals surface area (Å²) in [4.78, 5) is 23.8. The number of aromatic nitrogens is 8. The number of aromatic amines is 1. The molecule has 1 aliphatic rings. The van der Waals surface area contributed by atoms with Crippen LogP contribution in [0, 0.1) is 0 Å². The van der Waals surface area contributed by atoms with Gasteiger partial charge in [-0.3, -0.25) is 0 Å². The minimum atomic E-state index is -0.574. The van der Waals surface area contributed by atoms with Crippen molar-refractivity contribution >= 4 is 0 Å². The van der Waals surface area contributed by atoms with E-state index in [9.17, 15) is 0 Å². The van der Waals surface area contributed by atoms with Crippen LogP contribution in [0.1, 0.15) is 51.0 Å². The first-order valence-electron chi connectivity index (χ1n) is 13.1. The van der Waals surface area contributed by atoms with Crippen LogP contribution in [0.4, 0.5) is 0 Å². The molecule has 0 spiro atoms. The number of fused-ring (bicyclic) bond motifs is 10. The van der Waals surface area contributed by atoms with E-state index in [0.717, 1.165) is 57.4 Å². The standard InChI is InChI=1S/C31H30N8/c1-30(2)26-32-16-22(34-26)23-18-38(20-12-8-6-9-13-20)28(35-23)31(3,4)29-36-24(25-17-33-27(30)37(25)5)19-39(29)21-14-10-7-11-15-21/h6-19H,1-5H3,(H,32,34). The van der Waals surface area contributed by atoms with E-state index in [4.69, 9.17) is 19.9 Å². The monoisotopic (exact) mass is 514 g/mol. The summed E-state index contributed by atoms with van der Waals surface area (Å²) in [6.45, 7) is 8.65.